The fraction of sp³-hybridized carbons (Fsp3) is 0.182. The Balaban J connectivity index is 2.23. The Kier molecular flexibility index (Phi) is 3.23. The van der Waals surface area contributed by atoms with Gasteiger partial charge in [-0.3, -0.25) is 10.1 Å². The van der Waals surface area contributed by atoms with Crippen LogP contribution in [0.4, 0.5) is 5.88 Å². The van der Waals surface area contributed by atoms with Crippen molar-refractivity contribution in [3.63, 3.8) is 0 Å². The summed E-state index contributed by atoms with van der Waals surface area (Å²) in [6.45, 7) is 3.64. The molecule has 0 unspecified atom stereocenters. The summed E-state index contributed by atoms with van der Waals surface area (Å²) >= 11 is 3.26. The number of rotatable bonds is 2. The largest absolute Gasteiger partial charge is 0.338 e. The molecule has 0 aliphatic carbocycles. The lowest BCUT2D eigenvalue weighted by Gasteiger charge is -2.03. The Morgan fingerprint density at radius 1 is 1.47 bits per heavy atom. The molecule has 88 valence electrons. The number of pyridine rings is 1. The number of carbonyl (C=O) groups excluding carboxylic acids is 1. The molecule has 1 N–H and O–H groups in total. The fourth-order valence-electron chi connectivity index (χ4n) is 1.25. The Morgan fingerprint density at radius 3 is 2.82 bits per heavy atom. The molecular weight excluding hydrogens is 286 g/mol. The molecule has 0 aliphatic heterocycles. The van der Waals surface area contributed by atoms with Crippen molar-refractivity contribution in [2.45, 2.75) is 13.8 Å². The number of hydrogen-bond acceptors (Lipinski definition) is 4. The van der Waals surface area contributed by atoms with Crippen molar-refractivity contribution in [2.75, 3.05) is 5.32 Å². The van der Waals surface area contributed by atoms with Gasteiger partial charge in [0.05, 0.1) is 5.69 Å². The van der Waals surface area contributed by atoms with Gasteiger partial charge in [0.2, 0.25) is 5.88 Å². The first kappa shape index (κ1) is 11.8. The number of hydrogen-bond donors (Lipinski definition) is 1. The van der Waals surface area contributed by atoms with Crippen molar-refractivity contribution < 1.29 is 9.32 Å². The molecule has 0 radical (unpaired) electrons. The van der Waals surface area contributed by atoms with Crippen molar-refractivity contribution in [1.82, 2.24) is 10.1 Å². The minimum atomic E-state index is -0.336. The predicted octanol–water partition coefficient (Wildman–Crippen LogP) is 2.70. The van der Waals surface area contributed by atoms with Crippen molar-refractivity contribution in [1.29, 1.82) is 0 Å². The highest BCUT2D eigenvalue weighted by Gasteiger charge is 2.15. The summed E-state index contributed by atoms with van der Waals surface area (Å²) in [5, 5.41) is 6.39. The number of halogens is 1. The van der Waals surface area contributed by atoms with Crippen molar-refractivity contribution in [3.05, 3.63) is 39.8 Å². The van der Waals surface area contributed by atoms with Crippen LogP contribution in [0.5, 0.6) is 0 Å². The summed E-state index contributed by atoms with van der Waals surface area (Å²) in [6.07, 6.45) is 1.55. The first-order valence-electron chi connectivity index (χ1n) is 4.94. The van der Waals surface area contributed by atoms with Gasteiger partial charge in [0.25, 0.3) is 5.91 Å². The molecule has 0 aliphatic rings. The van der Waals surface area contributed by atoms with Crippen LogP contribution in [0.15, 0.2) is 27.3 Å². The molecule has 0 saturated carbocycles. The van der Waals surface area contributed by atoms with E-state index in [1.807, 2.05) is 13.8 Å². The predicted molar refractivity (Wildman–Crippen MR) is 65.9 cm³/mol. The smallest absolute Gasteiger partial charge is 0.277 e. The quantitative estimate of drug-likeness (QED) is 0.925. The van der Waals surface area contributed by atoms with Gasteiger partial charge in [-0.2, -0.15) is 0 Å². The van der Waals surface area contributed by atoms with Gasteiger partial charge in [-0.15, -0.1) is 0 Å². The highest BCUT2D eigenvalue weighted by atomic mass is 79.9. The van der Waals surface area contributed by atoms with Gasteiger partial charge >= 0.3 is 0 Å². The molecule has 0 fully saturated rings. The number of nitrogens with zero attached hydrogens (tertiary/aromatic N) is 2. The van der Waals surface area contributed by atoms with Crippen LogP contribution >= 0.6 is 15.9 Å². The second kappa shape index (κ2) is 4.67. The summed E-state index contributed by atoms with van der Waals surface area (Å²) in [7, 11) is 0. The molecule has 1 amide bonds. The van der Waals surface area contributed by atoms with E-state index in [-0.39, 0.29) is 5.91 Å². The van der Waals surface area contributed by atoms with E-state index in [0.717, 1.165) is 11.3 Å². The molecule has 2 rings (SSSR count). The van der Waals surface area contributed by atoms with Crippen LogP contribution < -0.4 is 5.32 Å². The van der Waals surface area contributed by atoms with E-state index in [2.05, 4.69) is 31.4 Å². The molecule has 0 aromatic carbocycles. The minimum absolute atomic E-state index is 0.306. The van der Waals surface area contributed by atoms with Crippen molar-refractivity contribution in [2.24, 2.45) is 0 Å². The normalized spacial score (nSPS) is 10.3. The van der Waals surface area contributed by atoms with Crippen LogP contribution in [0, 0.1) is 13.8 Å². The van der Waals surface area contributed by atoms with Gasteiger partial charge in [0, 0.05) is 16.2 Å². The molecule has 2 aromatic rings. The number of anilines is 1. The molecule has 2 heterocycles. The molecule has 17 heavy (non-hydrogen) atoms. The monoisotopic (exact) mass is 295 g/mol. The Morgan fingerprint density at radius 2 is 2.24 bits per heavy atom. The van der Waals surface area contributed by atoms with E-state index in [1.165, 1.54) is 0 Å². The van der Waals surface area contributed by atoms with Crippen LogP contribution in [-0.2, 0) is 0 Å². The number of nitrogens with one attached hydrogen (secondary N) is 1. The lowest BCUT2D eigenvalue weighted by Crippen LogP contribution is -2.14. The summed E-state index contributed by atoms with van der Waals surface area (Å²) in [5.41, 5.74) is 1.87. The second-order valence-corrected chi connectivity index (χ2v) is 4.36. The molecule has 5 nitrogen and oxygen atoms in total. The maximum atomic E-state index is 11.9. The van der Waals surface area contributed by atoms with E-state index in [4.69, 9.17) is 4.52 Å². The number of aromatic nitrogens is 2. The summed E-state index contributed by atoms with van der Waals surface area (Å²) in [4.78, 5) is 15.9. The average Bonchev–Trinajstić information content (AvgIpc) is 2.61. The standard InChI is InChI=1S/C11H10BrN3O2/c1-6-7(2)15-17-11(6)14-10(16)9-8(12)4-3-5-13-9/h3-5H,1-2H3,(H,14,16). The topological polar surface area (TPSA) is 68.0 Å². The van der Waals surface area contributed by atoms with E-state index in [9.17, 15) is 4.79 Å². The number of aryl methyl sites for hydroxylation is 1. The number of carbonyl (C=O) groups is 1. The molecule has 0 bridgehead atoms. The van der Waals surface area contributed by atoms with Crippen LogP contribution in [0.1, 0.15) is 21.7 Å². The lowest BCUT2D eigenvalue weighted by molar-refractivity contribution is 0.101. The molecule has 0 saturated heterocycles. The first-order valence-corrected chi connectivity index (χ1v) is 5.73. The highest BCUT2D eigenvalue weighted by Crippen LogP contribution is 2.20. The molecule has 6 heteroatoms. The van der Waals surface area contributed by atoms with E-state index in [0.29, 0.717) is 16.1 Å². The number of amides is 1. The maximum absolute atomic E-state index is 11.9. The van der Waals surface area contributed by atoms with Crippen LogP contribution in [-0.4, -0.2) is 16.0 Å². The summed E-state index contributed by atoms with van der Waals surface area (Å²) in [6, 6.07) is 3.49. The fourth-order valence-corrected chi connectivity index (χ4v) is 1.68. The van der Waals surface area contributed by atoms with Crippen LogP contribution in [0.2, 0.25) is 0 Å². The van der Waals surface area contributed by atoms with Gasteiger partial charge in [0.1, 0.15) is 5.69 Å². The third-order valence-electron chi connectivity index (χ3n) is 2.36. The molecular formula is C11H10BrN3O2. The maximum Gasteiger partial charge on any atom is 0.277 e. The molecule has 0 spiro atoms. The third-order valence-corrected chi connectivity index (χ3v) is 3.00. The second-order valence-electron chi connectivity index (χ2n) is 3.51. The van der Waals surface area contributed by atoms with Gasteiger partial charge in [0.15, 0.2) is 0 Å². The van der Waals surface area contributed by atoms with E-state index < -0.39 is 0 Å². The zero-order chi connectivity index (χ0) is 12.4. The molecule has 2 aromatic heterocycles. The summed E-state index contributed by atoms with van der Waals surface area (Å²) < 4.78 is 5.63. The first-order chi connectivity index (χ1) is 8.09. The van der Waals surface area contributed by atoms with Gasteiger partial charge in [-0.1, -0.05) is 5.16 Å². The lowest BCUT2D eigenvalue weighted by atomic mass is 10.3. The van der Waals surface area contributed by atoms with E-state index in [1.54, 1.807) is 18.3 Å². The summed E-state index contributed by atoms with van der Waals surface area (Å²) in [5.74, 6) is 0.0155. The zero-order valence-corrected chi connectivity index (χ0v) is 10.9. The average molecular weight is 296 g/mol. The third kappa shape index (κ3) is 2.36. The zero-order valence-electron chi connectivity index (χ0n) is 9.32. The van der Waals surface area contributed by atoms with E-state index >= 15 is 0 Å². The Hall–Kier alpha value is -1.69. The minimum Gasteiger partial charge on any atom is -0.338 e. The molecule has 0 atom stereocenters. The van der Waals surface area contributed by atoms with Crippen LogP contribution in [0.25, 0.3) is 0 Å². The van der Waals surface area contributed by atoms with Gasteiger partial charge < -0.3 is 4.52 Å². The van der Waals surface area contributed by atoms with Gasteiger partial charge in [-0.25, -0.2) is 4.98 Å². The Bertz CT molecular complexity index is 566. The van der Waals surface area contributed by atoms with Crippen LogP contribution in [0.3, 0.4) is 0 Å². The van der Waals surface area contributed by atoms with Crippen molar-refractivity contribution >= 4 is 27.7 Å². The SMILES string of the molecule is Cc1noc(NC(=O)c2ncccc2Br)c1C. The van der Waals surface area contributed by atoms with Gasteiger partial charge in [-0.05, 0) is 41.9 Å². The highest BCUT2D eigenvalue weighted by molar-refractivity contribution is 9.10. The van der Waals surface area contributed by atoms with Crippen molar-refractivity contribution in [3.8, 4) is 0 Å². The Labute approximate surface area is 106 Å².